The molecule has 0 N–H and O–H groups in total. The number of fused-ring (bicyclic) bond motifs is 1. The molecule has 22 heavy (non-hydrogen) atoms. The van der Waals surface area contributed by atoms with Crippen LogP contribution in [0.25, 0.3) is 10.8 Å². The molecule has 0 radical (unpaired) electrons. The second-order valence-corrected chi connectivity index (χ2v) is 4.87. The van der Waals surface area contributed by atoms with Gasteiger partial charge in [0.15, 0.2) is 5.82 Å². The van der Waals surface area contributed by atoms with E-state index in [4.69, 9.17) is 4.74 Å². The van der Waals surface area contributed by atoms with Crippen LogP contribution in [0, 0.1) is 5.82 Å². The summed E-state index contributed by atoms with van der Waals surface area (Å²) in [4.78, 5) is 7.95. The summed E-state index contributed by atoms with van der Waals surface area (Å²) in [7, 11) is 0. The fraction of sp³-hybridized carbons (Fsp3) is 0.111. The van der Waals surface area contributed by atoms with Crippen molar-refractivity contribution in [1.29, 1.82) is 0 Å². The van der Waals surface area contributed by atoms with Gasteiger partial charge in [-0.2, -0.15) is 4.98 Å². The summed E-state index contributed by atoms with van der Waals surface area (Å²) in [5.74, 6) is -0.447. The summed E-state index contributed by atoms with van der Waals surface area (Å²) in [6.45, 7) is 3.92. The Bertz CT molecular complexity index is 812. The van der Waals surface area contributed by atoms with Gasteiger partial charge in [0.25, 0.3) is 0 Å². The maximum atomic E-state index is 13.5. The van der Waals surface area contributed by atoms with Crippen LogP contribution in [-0.2, 0) is 13.0 Å². The molecule has 4 heteroatoms. The molecule has 3 aromatic rings. The lowest BCUT2D eigenvalue weighted by Gasteiger charge is -2.08. The van der Waals surface area contributed by atoms with E-state index in [0.717, 1.165) is 22.5 Å². The van der Waals surface area contributed by atoms with E-state index < -0.39 is 5.82 Å². The first-order chi connectivity index (χ1) is 10.8. The van der Waals surface area contributed by atoms with Crippen LogP contribution in [0.2, 0.25) is 0 Å². The Hall–Kier alpha value is -2.75. The minimum Gasteiger partial charge on any atom is -0.459 e. The summed E-state index contributed by atoms with van der Waals surface area (Å²) in [6, 6.07) is 14.3. The average molecular weight is 294 g/mol. The molecule has 0 saturated heterocycles. The zero-order valence-corrected chi connectivity index (χ0v) is 12.0. The van der Waals surface area contributed by atoms with Crippen molar-refractivity contribution in [3.8, 4) is 6.01 Å². The van der Waals surface area contributed by atoms with Crippen molar-refractivity contribution in [3.05, 3.63) is 78.4 Å². The third kappa shape index (κ3) is 2.96. The van der Waals surface area contributed by atoms with Gasteiger partial charge >= 0.3 is 6.01 Å². The molecule has 0 fully saturated rings. The maximum Gasteiger partial charge on any atom is 0.317 e. The highest BCUT2D eigenvalue weighted by Crippen LogP contribution is 2.20. The van der Waals surface area contributed by atoms with E-state index >= 15 is 0 Å². The first-order valence-electron chi connectivity index (χ1n) is 6.99. The molecular weight excluding hydrogens is 279 g/mol. The number of nitrogens with zero attached hydrogens (tertiary/aromatic N) is 2. The predicted molar refractivity (Wildman–Crippen MR) is 84.2 cm³/mol. The average Bonchev–Trinajstić information content (AvgIpc) is 2.56. The molecule has 0 aliphatic heterocycles. The summed E-state index contributed by atoms with van der Waals surface area (Å²) in [5.41, 5.74) is 1.33. The fourth-order valence-corrected chi connectivity index (χ4v) is 2.29. The van der Waals surface area contributed by atoms with Crippen LogP contribution in [0.1, 0.15) is 11.3 Å². The highest BCUT2D eigenvalue weighted by Gasteiger charge is 2.07. The van der Waals surface area contributed by atoms with Crippen molar-refractivity contribution in [2.75, 3.05) is 0 Å². The molecule has 0 spiro atoms. The molecule has 0 bridgehead atoms. The molecule has 0 aliphatic carbocycles. The van der Waals surface area contributed by atoms with E-state index in [9.17, 15) is 4.39 Å². The standard InChI is InChI=1S/C18H15FN2O/c1-2-6-17-16(19)11-20-18(21-17)22-12-14-9-5-8-13-7-3-4-10-15(13)14/h2-5,7-11H,1,6,12H2. The number of allylic oxidation sites excluding steroid dienone is 1. The molecule has 0 aliphatic rings. The molecule has 0 unspecified atom stereocenters. The van der Waals surface area contributed by atoms with Gasteiger partial charge in [-0.15, -0.1) is 6.58 Å². The zero-order chi connectivity index (χ0) is 15.4. The van der Waals surface area contributed by atoms with Crippen LogP contribution >= 0.6 is 0 Å². The Morgan fingerprint density at radius 3 is 2.82 bits per heavy atom. The van der Waals surface area contributed by atoms with E-state index in [1.54, 1.807) is 6.08 Å². The van der Waals surface area contributed by atoms with E-state index in [1.807, 2.05) is 30.3 Å². The van der Waals surface area contributed by atoms with Gasteiger partial charge in [-0.3, -0.25) is 0 Å². The Morgan fingerprint density at radius 2 is 1.95 bits per heavy atom. The molecule has 0 atom stereocenters. The van der Waals surface area contributed by atoms with E-state index in [0.29, 0.717) is 13.0 Å². The second-order valence-electron chi connectivity index (χ2n) is 4.87. The highest BCUT2D eigenvalue weighted by molar-refractivity contribution is 5.85. The van der Waals surface area contributed by atoms with Crippen molar-refractivity contribution in [1.82, 2.24) is 9.97 Å². The molecule has 1 aromatic heterocycles. The van der Waals surface area contributed by atoms with E-state index in [-0.39, 0.29) is 11.7 Å². The molecule has 2 aromatic carbocycles. The number of ether oxygens (including phenoxy) is 1. The summed E-state index contributed by atoms with van der Waals surface area (Å²) < 4.78 is 19.1. The number of aromatic nitrogens is 2. The van der Waals surface area contributed by atoms with Crippen LogP contribution in [0.15, 0.2) is 61.3 Å². The Morgan fingerprint density at radius 1 is 1.14 bits per heavy atom. The van der Waals surface area contributed by atoms with Gasteiger partial charge in [0.2, 0.25) is 0 Å². The van der Waals surface area contributed by atoms with Crippen LogP contribution < -0.4 is 4.74 Å². The third-order valence-electron chi connectivity index (χ3n) is 3.37. The molecule has 0 amide bonds. The number of halogens is 1. The fourth-order valence-electron chi connectivity index (χ4n) is 2.29. The minimum atomic E-state index is -0.447. The maximum absolute atomic E-state index is 13.5. The highest BCUT2D eigenvalue weighted by atomic mass is 19.1. The number of rotatable bonds is 5. The normalized spacial score (nSPS) is 10.6. The van der Waals surface area contributed by atoms with E-state index in [2.05, 4.69) is 28.7 Å². The summed E-state index contributed by atoms with van der Waals surface area (Å²) in [6.07, 6.45) is 3.07. The van der Waals surface area contributed by atoms with Gasteiger partial charge in [0, 0.05) is 6.42 Å². The van der Waals surface area contributed by atoms with Crippen molar-refractivity contribution >= 4 is 10.8 Å². The van der Waals surface area contributed by atoms with Crippen LogP contribution in [0.5, 0.6) is 6.01 Å². The zero-order valence-electron chi connectivity index (χ0n) is 12.0. The van der Waals surface area contributed by atoms with Crippen molar-refractivity contribution in [2.24, 2.45) is 0 Å². The monoisotopic (exact) mass is 294 g/mol. The van der Waals surface area contributed by atoms with Gasteiger partial charge in [-0.25, -0.2) is 9.37 Å². The predicted octanol–water partition coefficient (Wildman–Crippen LogP) is 4.08. The largest absolute Gasteiger partial charge is 0.459 e. The van der Waals surface area contributed by atoms with Crippen LogP contribution in [-0.4, -0.2) is 9.97 Å². The topological polar surface area (TPSA) is 35.0 Å². The lowest BCUT2D eigenvalue weighted by atomic mass is 10.1. The van der Waals surface area contributed by atoms with Gasteiger partial charge in [-0.1, -0.05) is 48.5 Å². The molecule has 110 valence electrons. The molecular formula is C18H15FN2O. The molecule has 0 saturated carbocycles. The Balaban J connectivity index is 1.82. The Kier molecular flexibility index (Phi) is 4.10. The lowest BCUT2D eigenvalue weighted by Crippen LogP contribution is -2.03. The van der Waals surface area contributed by atoms with E-state index in [1.165, 1.54) is 0 Å². The van der Waals surface area contributed by atoms with Crippen LogP contribution in [0.4, 0.5) is 4.39 Å². The first-order valence-corrected chi connectivity index (χ1v) is 6.99. The number of hydrogen-bond donors (Lipinski definition) is 0. The molecule has 3 rings (SSSR count). The van der Waals surface area contributed by atoms with Gasteiger partial charge in [0.1, 0.15) is 6.61 Å². The van der Waals surface area contributed by atoms with Crippen molar-refractivity contribution in [3.63, 3.8) is 0 Å². The molecule has 3 nitrogen and oxygen atoms in total. The van der Waals surface area contributed by atoms with Gasteiger partial charge < -0.3 is 4.74 Å². The van der Waals surface area contributed by atoms with Gasteiger partial charge in [-0.05, 0) is 16.3 Å². The smallest absolute Gasteiger partial charge is 0.317 e. The summed E-state index contributed by atoms with van der Waals surface area (Å²) >= 11 is 0. The van der Waals surface area contributed by atoms with Crippen molar-refractivity contribution in [2.45, 2.75) is 13.0 Å². The lowest BCUT2D eigenvalue weighted by molar-refractivity contribution is 0.279. The quantitative estimate of drug-likeness (QED) is 0.665. The van der Waals surface area contributed by atoms with Gasteiger partial charge in [0.05, 0.1) is 11.9 Å². The molecule has 1 heterocycles. The van der Waals surface area contributed by atoms with Crippen molar-refractivity contribution < 1.29 is 9.13 Å². The first kappa shape index (κ1) is 14.2. The third-order valence-corrected chi connectivity index (χ3v) is 3.37. The van der Waals surface area contributed by atoms with Crippen LogP contribution in [0.3, 0.4) is 0 Å². The SMILES string of the molecule is C=CCc1nc(OCc2cccc3ccccc23)ncc1F. The minimum absolute atomic E-state index is 0.172. The second kappa shape index (κ2) is 6.35. The summed E-state index contributed by atoms with van der Waals surface area (Å²) in [5, 5.41) is 2.27. The number of hydrogen-bond acceptors (Lipinski definition) is 3. The number of benzene rings is 2. The Labute approximate surface area is 128 Å².